The first kappa shape index (κ1) is 28.2. The number of hydrogen-bond acceptors (Lipinski definition) is 6. The van der Waals surface area contributed by atoms with E-state index in [0.29, 0.717) is 54.4 Å². The number of pyridine rings is 1. The Morgan fingerprint density at radius 2 is 1.85 bits per heavy atom. The van der Waals surface area contributed by atoms with Crippen molar-refractivity contribution in [1.29, 1.82) is 0 Å². The minimum absolute atomic E-state index is 0.0362. The summed E-state index contributed by atoms with van der Waals surface area (Å²) >= 11 is 7.20. The topological polar surface area (TPSA) is 70.8 Å². The molecule has 0 saturated carbocycles. The summed E-state index contributed by atoms with van der Waals surface area (Å²) < 4.78 is 68.8. The minimum atomic E-state index is -4.88. The Kier molecular flexibility index (Phi) is 7.71. The predicted molar refractivity (Wildman–Crippen MR) is 139 cm³/mol. The molecular formula is C26H23ClF5N5O2S. The van der Waals surface area contributed by atoms with E-state index in [0.717, 1.165) is 11.2 Å². The summed E-state index contributed by atoms with van der Waals surface area (Å²) in [5, 5.41) is 8.40. The van der Waals surface area contributed by atoms with Crippen LogP contribution in [-0.4, -0.2) is 51.2 Å². The highest BCUT2D eigenvalue weighted by Gasteiger charge is 2.36. The predicted octanol–water partition coefficient (Wildman–Crippen LogP) is 5.44. The number of aromatic nitrogens is 2. The third-order valence-electron chi connectivity index (χ3n) is 7.13. The number of amides is 1. The summed E-state index contributed by atoms with van der Waals surface area (Å²) in [6.07, 6.45) is -2.41. The van der Waals surface area contributed by atoms with Gasteiger partial charge in [-0.2, -0.15) is 18.3 Å². The Morgan fingerprint density at radius 3 is 2.50 bits per heavy atom. The molecule has 1 atom stereocenters. The van der Waals surface area contributed by atoms with Crippen LogP contribution in [0.5, 0.6) is 0 Å². The number of nitrogens with zero attached hydrogens (tertiary/aromatic N) is 5. The Balaban J connectivity index is 1.21. The second kappa shape index (κ2) is 10.9. The fourth-order valence-corrected chi connectivity index (χ4v) is 6.27. The number of carbonyl (C=O) groups is 1. The Labute approximate surface area is 234 Å². The second-order valence-corrected chi connectivity index (χ2v) is 11.0. The molecule has 1 saturated heterocycles. The first-order valence-electron chi connectivity index (χ1n) is 12.4. The number of thiazole rings is 1. The molecule has 0 spiro atoms. The van der Waals surface area contributed by atoms with E-state index in [1.54, 1.807) is 7.05 Å². The summed E-state index contributed by atoms with van der Waals surface area (Å²) in [6.45, 7) is 0.141. The van der Waals surface area contributed by atoms with Crippen LogP contribution in [0.25, 0.3) is 0 Å². The lowest BCUT2D eigenvalue weighted by Gasteiger charge is -2.31. The quantitative estimate of drug-likeness (QED) is 0.366. The van der Waals surface area contributed by atoms with Crippen LogP contribution < -0.4 is 5.56 Å². The molecule has 0 N–H and O–H groups in total. The van der Waals surface area contributed by atoms with Gasteiger partial charge in [0, 0.05) is 49.6 Å². The molecule has 1 amide bonds. The van der Waals surface area contributed by atoms with E-state index in [2.05, 4.69) is 5.10 Å². The largest absolute Gasteiger partial charge is 0.421 e. The van der Waals surface area contributed by atoms with Crippen LogP contribution in [0, 0.1) is 11.6 Å². The van der Waals surface area contributed by atoms with Gasteiger partial charge >= 0.3 is 6.18 Å². The van der Waals surface area contributed by atoms with Gasteiger partial charge in [0.2, 0.25) is 5.91 Å². The molecule has 7 nitrogen and oxygen atoms in total. The van der Waals surface area contributed by atoms with Gasteiger partial charge in [0.05, 0.1) is 27.5 Å². The zero-order valence-corrected chi connectivity index (χ0v) is 22.7. The molecule has 1 aromatic carbocycles. The van der Waals surface area contributed by atoms with Gasteiger partial charge in [0.25, 0.3) is 5.56 Å². The van der Waals surface area contributed by atoms with Crippen LogP contribution in [0.15, 0.2) is 45.7 Å². The molecule has 0 bridgehead atoms. The maximum absolute atomic E-state index is 14.3. The van der Waals surface area contributed by atoms with Crippen molar-refractivity contribution in [2.24, 2.45) is 5.10 Å². The molecule has 1 fully saturated rings. The van der Waals surface area contributed by atoms with E-state index in [1.807, 2.05) is 5.38 Å². The Hall–Kier alpha value is -3.32. The van der Waals surface area contributed by atoms with Crippen molar-refractivity contribution < 1.29 is 26.7 Å². The SMILES string of the molecule is CN1N=C(c2csc(C3CCN(C(=O)Cn4cc(Cl)cc(C(F)(F)F)c4=O)CC3)n2)CC1c1c(F)cccc1F. The van der Waals surface area contributed by atoms with Crippen molar-refractivity contribution in [2.75, 3.05) is 20.1 Å². The van der Waals surface area contributed by atoms with Gasteiger partial charge in [0.1, 0.15) is 23.7 Å². The van der Waals surface area contributed by atoms with E-state index in [-0.39, 0.29) is 16.5 Å². The van der Waals surface area contributed by atoms with Crippen molar-refractivity contribution in [3.63, 3.8) is 0 Å². The number of hydrogen-bond donors (Lipinski definition) is 0. The molecular weight excluding hydrogens is 577 g/mol. The fourth-order valence-electron chi connectivity index (χ4n) is 5.04. The molecule has 40 heavy (non-hydrogen) atoms. The molecule has 2 aliphatic heterocycles. The summed E-state index contributed by atoms with van der Waals surface area (Å²) in [7, 11) is 1.66. The average molecular weight is 600 g/mol. The molecule has 14 heteroatoms. The van der Waals surface area contributed by atoms with Gasteiger partial charge in [0.15, 0.2) is 0 Å². The van der Waals surface area contributed by atoms with Gasteiger partial charge in [-0.3, -0.25) is 14.6 Å². The van der Waals surface area contributed by atoms with E-state index >= 15 is 0 Å². The first-order valence-corrected chi connectivity index (χ1v) is 13.6. The lowest BCUT2D eigenvalue weighted by atomic mass is 9.97. The van der Waals surface area contributed by atoms with Crippen molar-refractivity contribution >= 4 is 34.6 Å². The lowest BCUT2D eigenvalue weighted by molar-refractivity contribution is -0.139. The van der Waals surface area contributed by atoms with Crippen LogP contribution in [0.4, 0.5) is 22.0 Å². The fraction of sp³-hybridized carbons (Fsp3) is 0.385. The van der Waals surface area contributed by atoms with Crippen molar-refractivity contribution in [2.45, 2.75) is 43.9 Å². The molecule has 0 radical (unpaired) electrons. The zero-order chi connectivity index (χ0) is 28.8. The third-order valence-corrected chi connectivity index (χ3v) is 8.34. The number of piperidine rings is 1. The normalized spacial score (nSPS) is 18.4. The average Bonchev–Trinajstić information content (AvgIpc) is 3.53. The molecule has 0 aliphatic carbocycles. The molecule has 4 heterocycles. The molecule has 1 unspecified atom stereocenters. The van der Waals surface area contributed by atoms with E-state index in [9.17, 15) is 31.5 Å². The highest BCUT2D eigenvalue weighted by atomic mass is 35.5. The maximum atomic E-state index is 14.3. The van der Waals surface area contributed by atoms with E-state index in [1.165, 1.54) is 39.4 Å². The standard InChI is InChI=1S/C26H23ClF5N5O2S/c1-35-21(23-17(28)3-2-4-18(23)29)10-19(34-35)20-13-40-24(33-20)14-5-7-36(8-6-14)22(38)12-37-11-15(27)9-16(25(37)39)26(30,31)32/h2-4,9,11,13-14,21H,5-8,10,12H2,1H3. The molecule has 2 aliphatic rings. The maximum Gasteiger partial charge on any atom is 0.421 e. The van der Waals surface area contributed by atoms with Crippen LogP contribution in [0.1, 0.15) is 53.1 Å². The monoisotopic (exact) mass is 599 g/mol. The summed E-state index contributed by atoms with van der Waals surface area (Å²) in [4.78, 5) is 31.3. The number of benzene rings is 1. The van der Waals surface area contributed by atoms with Gasteiger partial charge in [-0.1, -0.05) is 17.7 Å². The van der Waals surface area contributed by atoms with Gasteiger partial charge in [-0.15, -0.1) is 11.3 Å². The first-order chi connectivity index (χ1) is 18.9. The third kappa shape index (κ3) is 5.62. The molecule has 212 valence electrons. The molecule has 2 aromatic heterocycles. The van der Waals surface area contributed by atoms with Crippen LogP contribution in [0.2, 0.25) is 5.02 Å². The minimum Gasteiger partial charge on any atom is -0.341 e. The number of hydrazone groups is 1. The number of likely N-dealkylation sites (tertiary alicyclic amines) is 1. The van der Waals surface area contributed by atoms with Crippen LogP contribution >= 0.6 is 22.9 Å². The van der Waals surface area contributed by atoms with Crippen molar-refractivity contribution in [3.8, 4) is 0 Å². The van der Waals surface area contributed by atoms with E-state index < -0.39 is 47.4 Å². The Morgan fingerprint density at radius 1 is 1.18 bits per heavy atom. The summed E-state index contributed by atoms with van der Waals surface area (Å²) in [6, 6.07) is 3.71. The second-order valence-electron chi connectivity index (χ2n) is 9.70. The number of halogens is 6. The number of carbonyl (C=O) groups excluding carboxylic acids is 1. The van der Waals surface area contributed by atoms with Crippen LogP contribution in [0.3, 0.4) is 0 Å². The number of alkyl halides is 3. The van der Waals surface area contributed by atoms with Crippen LogP contribution in [-0.2, 0) is 17.5 Å². The summed E-state index contributed by atoms with van der Waals surface area (Å²) in [5.41, 5.74) is -1.53. The summed E-state index contributed by atoms with van der Waals surface area (Å²) in [5.74, 6) is -1.69. The zero-order valence-electron chi connectivity index (χ0n) is 21.1. The van der Waals surface area contributed by atoms with Gasteiger partial charge in [-0.25, -0.2) is 13.8 Å². The van der Waals surface area contributed by atoms with Gasteiger partial charge in [-0.05, 0) is 31.0 Å². The highest BCUT2D eigenvalue weighted by Crippen LogP contribution is 2.36. The highest BCUT2D eigenvalue weighted by molar-refractivity contribution is 7.10. The lowest BCUT2D eigenvalue weighted by Crippen LogP contribution is -2.41. The Bertz CT molecular complexity index is 1510. The smallest absolute Gasteiger partial charge is 0.341 e. The van der Waals surface area contributed by atoms with Crippen molar-refractivity contribution in [1.82, 2.24) is 19.5 Å². The van der Waals surface area contributed by atoms with Crippen molar-refractivity contribution in [3.05, 3.63) is 84.7 Å². The van der Waals surface area contributed by atoms with E-state index in [4.69, 9.17) is 16.6 Å². The number of rotatable bonds is 5. The molecule has 3 aromatic rings. The van der Waals surface area contributed by atoms with Gasteiger partial charge < -0.3 is 9.47 Å². The molecule has 5 rings (SSSR count).